The maximum Gasteiger partial charge on any atom is 0.309 e. The summed E-state index contributed by atoms with van der Waals surface area (Å²) in [5.41, 5.74) is 0. The van der Waals surface area contributed by atoms with Crippen molar-refractivity contribution in [1.29, 1.82) is 0 Å². The molecule has 14 heavy (non-hydrogen) atoms. The van der Waals surface area contributed by atoms with Gasteiger partial charge in [-0.25, -0.2) is 0 Å². The summed E-state index contributed by atoms with van der Waals surface area (Å²) in [4.78, 5) is 11.2. The molecule has 0 aromatic heterocycles. The normalized spacial score (nSPS) is 12.5. The maximum atomic E-state index is 11.2. The van der Waals surface area contributed by atoms with Crippen LogP contribution in [0.2, 0.25) is 0 Å². The molecule has 0 amide bonds. The van der Waals surface area contributed by atoms with Gasteiger partial charge in [-0.15, -0.1) is 0 Å². The average Bonchev–Trinajstić information content (AvgIpc) is 2.17. The van der Waals surface area contributed by atoms with Crippen molar-refractivity contribution in [3.8, 4) is 0 Å². The van der Waals surface area contributed by atoms with Crippen molar-refractivity contribution >= 4 is 17.7 Å². The number of thioether (sulfide) groups is 1. The summed E-state index contributed by atoms with van der Waals surface area (Å²) in [7, 11) is 1.70. The molecule has 0 N–H and O–H groups in total. The lowest BCUT2D eigenvalue weighted by atomic mass is 10.2. The van der Waals surface area contributed by atoms with Gasteiger partial charge in [0.1, 0.15) is 0 Å². The fourth-order valence-corrected chi connectivity index (χ4v) is 1.90. The van der Waals surface area contributed by atoms with E-state index in [0.29, 0.717) is 6.61 Å². The minimum Gasteiger partial charge on any atom is -0.466 e. The lowest BCUT2D eigenvalue weighted by Gasteiger charge is -2.09. The van der Waals surface area contributed by atoms with E-state index in [9.17, 15) is 4.79 Å². The van der Waals surface area contributed by atoms with Crippen molar-refractivity contribution in [2.24, 2.45) is 5.92 Å². The summed E-state index contributed by atoms with van der Waals surface area (Å²) < 4.78 is 9.83. The van der Waals surface area contributed by atoms with Crippen LogP contribution in [0.15, 0.2) is 0 Å². The van der Waals surface area contributed by atoms with E-state index in [-0.39, 0.29) is 11.9 Å². The summed E-state index contributed by atoms with van der Waals surface area (Å²) >= 11 is 1.77. The average molecular weight is 220 g/mol. The topological polar surface area (TPSA) is 35.5 Å². The molecule has 0 aliphatic carbocycles. The number of rotatable bonds is 8. The molecule has 1 atom stereocenters. The molecule has 84 valence electrons. The summed E-state index contributed by atoms with van der Waals surface area (Å²) in [6.07, 6.45) is 1.04. The summed E-state index contributed by atoms with van der Waals surface area (Å²) in [5.74, 6) is 1.79. The molecular formula is C10H20O3S. The minimum atomic E-state index is -0.0910. The fraction of sp³-hybridized carbons (Fsp3) is 0.900. The fourth-order valence-electron chi connectivity index (χ4n) is 0.918. The van der Waals surface area contributed by atoms with E-state index in [2.05, 4.69) is 0 Å². The first-order valence-electron chi connectivity index (χ1n) is 4.95. The van der Waals surface area contributed by atoms with Gasteiger partial charge in [-0.05, 0) is 19.1 Å². The largest absolute Gasteiger partial charge is 0.466 e. The molecule has 4 heteroatoms. The molecule has 0 saturated heterocycles. The standard InChI is InChI=1S/C10H20O3S/c1-4-13-10(11)9(2)8-14-7-5-6-12-3/h9H,4-8H2,1-3H3. The number of carbonyl (C=O) groups is 1. The third-order valence-electron chi connectivity index (χ3n) is 1.69. The molecular weight excluding hydrogens is 200 g/mol. The van der Waals surface area contributed by atoms with Crippen molar-refractivity contribution in [1.82, 2.24) is 0 Å². The first-order chi connectivity index (χ1) is 6.72. The lowest BCUT2D eigenvalue weighted by molar-refractivity contribution is -0.146. The van der Waals surface area contributed by atoms with Gasteiger partial charge in [0.25, 0.3) is 0 Å². The SMILES string of the molecule is CCOC(=O)C(C)CSCCCOC. The van der Waals surface area contributed by atoms with Crippen LogP contribution in [0.3, 0.4) is 0 Å². The quantitative estimate of drug-likeness (QED) is 0.463. The number of carbonyl (C=O) groups excluding carboxylic acids is 1. The molecule has 0 saturated carbocycles. The second-order valence-electron chi connectivity index (χ2n) is 3.07. The number of methoxy groups -OCH3 is 1. The van der Waals surface area contributed by atoms with Crippen molar-refractivity contribution in [3.05, 3.63) is 0 Å². The van der Waals surface area contributed by atoms with Crippen LogP contribution >= 0.6 is 11.8 Å². The number of esters is 1. The molecule has 3 nitrogen and oxygen atoms in total. The highest BCUT2D eigenvalue weighted by Crippen LogP contribution is 2.10. The van der Waals surface area contributed by atoms with Crippen LogP contribution in [0, 0.1) is 5.92 Å². The van der Waals surface area contributed by atoms with Crippen LogP contribution in [0.25, 0.3) is 0 Å². The zero-order valence-electron chi connectivity index (χ0n) is 9.25. The van der Waals surface area contributed by atoms with Gasteiger partial charge in [0.15, 0.2) is 0 Å². The maximum absolute atomic E-state index is 11.2. The molecule has 0 aromatic rings. The van der Waals surface area contributed by atoms with Gasteiger partial charge in [-0.2, -0.15) is 11.8 Å². The predicted molar refractivity (Wildman–Crippen MR) is 59.6 cm³/mol. The molecule has 0 fully saturated rings. The molecule has 0 radical (unpaired) electrons. The minimum absolute atomic E-state index is 0.00231. The van der Waals surface area contributed by atoms with Crippen molar-refractivity contribution in [2.75, 3.05) is 31.8 Å². The Morgan fingerprint density at radius 1 is 1.50 bits per heavy atom. The molecule has 0 bridgehead atoms. The van der Waals surface area contributed by atoms with Crippen LogP contribution in [0.5, 0.6) is 0 Å². The number of hydrogen-bond donors (Lipinski definition) is 0. The Bertz CT molecular complexity index is 150. The summed E-state index contributed by atoms with van der Waals surface area (Å²) in [6, 6.07) is 0. The van der Waals surface area contributed by atoms with E-state index < -0.39 is 0 Å². The van der Waals surface area contributed by atoms with Gasteiger partial charge in [0.05, 0.1) is 12.5 Å². The van der Waals surface area contributed by atoms with Crippen LogP contribution in [-0.2, 0) is 14.3 Å². The van der Waals surface area contributed by atoms with Gasteiger partial charge in [-0.1, -0.05) is 6.92 Å². The van der Waals surface area contributed by atoms with Gasteiger partial charge in [0, 0.05) is 19.5 Å². The van der Waals surface area contributed by atoms with E-state index in [1.807, 2.05) is 13.8 Å². The highest BCUT2D eigenvalue weighted by molar-refractivity contribution is 7.99. The van der Waals surface area contributed by atoms with Gasteiger partial charge >= 0.3 is 5.97 Å². The highest BCUT2D eigenvalue weighted by Gasteiger charge is 2.12. The Balaban J connectivity index is 3.34. The smallest absolute Gasteiger partial charge is 0.309 e. The molecule has 1 unspecified atom stereocenters. The molecule has 0 aromatic carbocycles. The van der Waals surface area contributed by atoms with Crippen LogP contribution in [0.1, 0.15) is 20.3 Å². The Morgan fingerprint density at radius 2 is 2.21 bits per heavy atom. The second kappa shape index (κ2) is 9.34. The number of hydrogen-bond acceptors (Lipinski definition) is 4. The van der Waals surface area contributed by atoms with Crippen molar-refractivity contribution in [2.45, 2.75) is 20.3 Å². The van der Waals surface area contributed by atoms with E-state index in [1.165, 1.54) is 0 Å². The second-order valence-corrected chi connectivity index (χ2v) is 4.22. The number of ether oxygens (including phenoxy) is 2. The van der Waals surface area contributed by atoms with Crippen LogP contribution in [-0.4, -0.2) is 37.8 Å². The molecule has 0 aliphatic heterocycles. The monoisotopic (exact) mass is 220 g/mol. The lowest BCUT2D eigenvalue weighted by Crippen LogP contribution is -2.16. The highest BCUT2D eigenvalue weighted by atomic mass is 32.2. The zero-order valence-corrected chi connectivity index (χ0v) is 10.1. The van der Waals surface area contributed by atoms with Crippen molar-refractivity contribution < 1.29 is 14.3 Å². The van der Waals surface area contributed by atoms with E-state index >= 15 is 0 Å². The van der Waals surface area contributed by atoms with Gasteiger partial charge in [-0.3, -0.25) is 4.79 Å². The summed E-state index contributed by atoms with van der Waals surface area (Å²) in [6.45, 7) is 5.00. The van der Waals surface area contributed by atoms with Crippen molar-refractivity contribution in [3.63, 3.8) is 0 Å². The molecule has 0 aliphatic rings. The zero-order chi connectivity index (χ0) is 10.8. The molecule has 0 spiro atoms. The van der Waals surface area contributed by atoms with E-state index in [1.54, 1.807) is 18.9 Å². The van der Waals surface area contributed by atoms with E-state index in [0.717, 1.165) is 24.5 Å². The molecule has 0 heterocycles. The first kappa shape index (κ1) is 13.8. The Labute approximate surface area is 90.5 Å². The first-order valence-corrected chi connectivity index (χ1v) is 6.11. The molecule has 0 rings (SSSR count). The van der Waals surface area contributed by atoms with E-state index in [4.69, 9.17) is 9.47 Å². The van der Waals surface area contributed by atoms with Gasteiger partial charge in [0.2, 0.25) is 0 Å². The third-order valence-corrected chi connectivity index (χ3v) is 3.01. The Morgan fingerprint density at radius 3 is 2.79 bits per heavy atom. The predicted octanol–water partition coefficient (Wildman–Crippen LogP) is 1.96. The van der Waals surface area contributed by atoms with Crippen LogP contribution < -0.4 is 0 Å². The Kier molecular flexibility index (Phi) is 9.19. The third kappa shape index (κ3) is 7.21. The van der Waals surface area contributed by atoms with Gasteiger partial charge < -0.3 is 9.47 Å². The van der Waals surface area contributed by atoms with Crippen LogP contribution in [0.4, 0.5) is 0 Å². The Hall–Kier alpha value is -0.220. The summed E-state index contributed by atoms with van der Waals surface area (Å²) in [5, 5.41) is 0.